The van der Waals surface area contributed by atoms with E-state index in [0.717, 1.165) is 0 Å². The Hall–Kier alpha value is -1.38. The molecule has 0 aliphatic carbocycles. The van der Waals surface area contributed by atoms with Gasteiger partial charge in [0.2, 0.25) is 6.29 Å². The van der Waals surface area contributed by atoms with Gasteiger partial charge in [-0.05, 0) is 0 Å². The van der Waals surface area contributed by atoms with Crippen LogP contribution in [0.2, 0.25) is 0 Å². The summed E-state index contributed by atoms with van der Waals surface area (Å²) >= 11 is 0. The lowest BCUT2D eigenvalue weighted by atomic mass is 9.96. The highest BCUT2D eigenvalue weighted by atomic mass is 16.7. The lowest BCUT2D eigenvalue weighted by Crippen LogP contribution is -2.64. The van der Waals surface area contributed by atoms with Crippen LogP contribution in [0.15, 0.2) is 4.99 Å². The fourth-order valence-electron chi connectivity index (χ4n) is 3.35. The molecule has 0 amide bonds. The van der Waals surface area contributed by atoms with Gasteiger partial charge in [-0.15, -0.1) is 0 Å². The number of aliphatic hydroxyl groups excluding tert-OH is 5. The van der Waals surface area contributed by atoms with Gasteiger partial charge in [-0.25, -0.2) is 9.79 Å². The lowest BCUT2D eigenvalue weighted by molar-refractivity contribution is -0.331. The number of carboxylic acids is 1. The summed E-state index contributed by atoms with van der Waals surface area (Å²) in [6.45, 7) is 3.10. The number of nitrogens with zero attached hydrogens (tertiary/aromatic N) is 1. The molecule has 0 unspecified atom stereocenters. The molecule has 12 heteroatoms. The Bertz CT molecular complexity index is 613. The lowest BCUT2D eigenvalue weighted by Gasteiger charge is -2.44. The van der Waals surface area contributed by atoms with E-state index in [-0.39, 0.29) is 5.92 Å². The van der Waals surface area contributed by atoms with Crippen LogP contribution in [0.5, 0.6) is 0 Å². The molecule has 0 saturated carbocycles. The molecule has 2 saturated heterocycles. The fraction of sp³-hybridized carbons (Fsp3) is 0.875. The SMILES string of the molecule is CC(C)C1=N[C@@H]2[C@H](O1)O[C@H](CO)[C@H](O)[C@@H]2O[C@@H]1O[C@H](C(=O)O)[C@@H](O)[C@H](O)[C@H]1O. The second-order valence-electron chi connectivity index (χ2n) is 7.28. The van der Waals surface area contributed by atoms with Crippen LogP contribution in [0.1, 0.15) is 13.8 Å². The van der Waals surface area contributed by atoms with E-state index in [4.69, 9.17) is 24.1 Å². The number of carboxylic acid groups (broad SMARTS) is 1. The van der Waals surface area contributed by atoms with Crippen molar-refractivity contribution in [2.24, 2.45) is 10.9 Å². The maximum atomic E-state index is 11.2. The van der Waals surface area contributed by atoms with E-state index < -0.39 is 73.9 Å². The Kier molecular flexibility index (Phi) is 6.22. The highest BCUT2D eigenvalue weighted by Gasteiger charge is 2.54. The number of aliphatic imine (C=N–C) groups is 1. The van der Waals surface area contributed by atoms with Gasteiger partial charge >= 0.3 is 5.97 Å². The van der Waals surface area contributed by atoms with Crippen molar-refractivity contribution in [1.82, 2.24) is 0 Å². The van der Waals surface area contributed by atoms with Crippen molar-refractivity contribution in [1.29, 1.82) is 0 Å². The van der Waals surface area contributed by atoms with E-state index in [0.29, 0.717) is 5.90 Å². The Balaban J connectivity index is 1.83. The normalized spacial score (nSPS) is 46.1. The number of hydrogen-bond acceptors (Lipinski definition) is 11. The molecule has 12 nitrogen and oxygen atoms in total. The quantitative estimate of drug-likeness (QED) is 0.269. The molecular formula is C16H25NO11. The molecule has 2 fully saturated rings. The summed E-state index contributed by atoms with van der Waals surface area (Å²) in [6, 6.07) is -0.877. The first-order chi connectivity index (χ1) is 13.1. The Morgan fingerprint density at radius 2 is 1.79 bits per heavy atom. The number of carbonyl (C=O) groups is 1. The van der Waals surface area contributed by atoms with Crippen molar-refractivity contribution in [2.45, 2.75) is 75.2 Å². The van der Waals surface area contributed by atoms with Crippen LogP contribution >= 0.6 is 0 Å². The number of ether oxygens (including phenoxy) is 4. The van der Waals surface area contributed by atoms with Crippen LogP contribution < -0.4 is 0 Å². The zero-order valence-corrected chi connectivity index (χ0v) is 15.2. The summed E-state index contributed by atoms with van der Waals surface area (Å²) in [4.78, 5) is 15.6. The number of aliphatic hydroxyl groups is 5. The van der Waals surface area contributed by atoms with E-state index in [1.54, 1.807) is 0 Å². The van der Waals surface area contributed by atoms with Gasteiger partial charge in [-0.2, -0.15) is 0 Å². The molecule has 0 bridgehead atoms. The third-order valence-corrected chi connectivity index (χ3v) is 4.93. The maximum Gasteiger partial charge on any atom is 0.335 e. The molecule has 10 atom stereocenters. The first kappa shape index (κ1) is 21.3. The maximum absolute atomic E-state index is 11.2. The molecule has 0 aromatic carbocycles. The van der Waals surface area contributed by atoms with Gasteiger partial charge in [0.1, 0.15) is 42.7 Å². The van der Waals surface area contributed by atoms with Crippen molar-refractivity contribution < 1.29 is 54.4 Å². The second kappa shape index (κ2) is 8.16. The van der Waals surface area contributed by atoms with Crippen molar-refractivity contribution in [3.8, 4) is 0 Å². The minimum Gasteiger partial charge on any atom is -0.479 e. The number of fused-ring (bicyclic) bond motifs is 1. The topological polar surface area (TPSA) is 188 Å². The average Bonchev–Trinajstić information content (AvgIpc) is 3.07. The predicted molar refractivity (Wildman–Crippen MR) is 88.1 cm³/mol. The number of rotatable bonds is 5. The Morgan fingerprint density at radius 3 is 2.36 bits per heavy atom. The largest absolute Gasteiger partial charge is 0.479 e. The monoisotopic (exact) mass is 407 g/mol. The van der Waals surface area contributed by atoms with Gasteiger partial charge < -0.3 is 49.6 Å². The summed E-state index contributed by atoms with van der Waals surface area (Å²) in [5.74, 6) is -1.31. The molecule has 3 rings (SSSR count). The molecular weight excluding hydrogens is 382 g/mol. The van der Waals surface area contributed by atoms with Crippen LogP contribution in [0.3, 0.4) is 0 Å². The zero-order chi connectivity index (χ0) is 20.7. The van der Waals surface area contributed by atoms with Gasteiger partial charge in [0, 0.05) is 5.92 Å². The Morgan fingerprint density at radius 1 is 1.11 bits per heavy atom. The zero-order valence-electron chi connectivity index (χ0n) is 15.2. The van der Waals surface area contributed by atoms with Crippen molar-refractivity contribution in [3.05, 3.63) is 0 Å². The molecule has 0 spiro atoms. The fourth-order valence-corrected chi connectivity index (χ4v) is 3.35. The molecule has 0 aromatic rings. The van der Waals surface area contributed by atoms with Crippen LogP contribution in [-0.2, 0) is 23.7 Å². The number of hydrogen-bond donors (Lipinski definition) is 6. The predicted octanol–water partition coefficient (Wildman–Crippen LogP) is -3.20. The molecule has 6 N–H and O–H groups in total. The minimum absolute atomic E-state index is 0.0931. The summed E-state index contributed by atoms with van der Waals surface area (Å²) in [7, 11) is 0. The second-order valence-corrected chi connectivity index (χ2v) is 7.28. The highest BCUT2D eigenvalue weighted by Crippen LogP contribution is 2.34. The summed E-state index contributed by atoms with van der Waals surface area (Å²) < 4.78 is 21.8. The minimum atomic E-state index is -1.87. The van der Waals surface area contributed by atoms with E-state index >= 15 is 0 Å². The highest BCUT2D eigenvalue weighted by molar-refractivity contribution is 5.80. The van der Waals surface area contributed by atoms with Crippen LogP contribution in [0.4, 0.5) is 0 Å². The molecule has 3 aliphatic heterocycles. The van der Waals surface area contributed by atoms with Crippen molar-refractivity contribution >= 4 is 11.9 Å². The van der Waals surface area contributed by atoms with E-state index in [9.17, 15) is 30.3 Å². The summed E-state index contributed by atoms with van der Waals surface area (Å²) in [5, 5.41) is 58.9. The van der Waals surface area contributed by atoms with Crippen molar-refractivity contribution in [2.75, 3.05) is 6.61 Å². The van der Waals surface area contributed by atoms with Gasteiger partial charge in [-0.1, -0.05) is 13.8 Å². The van der Waals surface area contributed by atoms with Gasteiger partial charge in [0.15, 0.2) is 18.3 Å². The Labute approximate surface area is 159 Å². The number of aliphatic carboxylic acids is 1. The summed E-state index contributed by atoms with van der Waals surface area (Å²) in [5.41, 5.74) is 0. The third kappa shape index (κ3) is 3.74. The summed E-state index contributed by atoms with van der Waals surface area (Å²) in [6.07, 6.45) is -13.7. The molecule has 28 heavy (non-hydrogen) atoms. The van der Waals surface area contributed by atoms with Gasteiger partial charge in [-0.3, -0.25) is 0 Å². The van der Waals surface area contributed by atoms with Gasteiger partial charge in [0.05, 0.1) is 6.61 Å². The van der Waals surface area contributed by atoms with E-state index in [2.05, 4.69) is 4.99 Å². The smallest absolute Gasteiger partial charge is 0.335 e. The van der Waals surface area contributed by atoms with Crippen molar-refractivity contribution in [3.63, 3.8) is 0 Å². The van der Waals surface area contributed by atoms with E-state index in [1.807, 2.05) is 13.8 Å². The van der Waals surface area contributed by atoms with Crippen LogP contribution in [0, 0.1) is 5.92 Å². The first-order valence-corrected chi connectivity index (χ1v) is 8.92. The van der Waals surface area contributed by atoms with Crippen LogP contribution in [-0.4, -0.2) is 110 Å². The molecule has 3 aliphatic rings. The molecule has 3 heterocycles. The van der Waals surface area contributed by atoms with Gasteiger partial charge in [0.25, 0.3) is 0 Å². The molecule has 160 valence electrons. The first-order valence-electron chi connectivity index (χ1n) is 8.92. The van der Waals surface area contributed by atoms with Crippen LogP contribution in [0.25, 0.3) is 0 Å². The molecule has 0 radical (unpaired) electrons. The average molecular weight is 407 g/mol. The molecule has 0 aromatic heterocycles. The standard InChI is InChI=1S/C16H25NO11/c1-4(2)13-17-6-11(7(19)5(3-18)25-15(6)28-13)26-16-10(22)8(20)9(21)12(27-16)14(23)24/h4-12,15-16,18-22H,3H2,1-2H3,(H,23,24)/t5-,6+,7+,8+,9+,10-,11-,12+,15+,16-/m1/s1. The van der Waals surface area contributed by atoms with E-state index in [1.165, 1.54) is 0 Å². The third-order valence-electron chi connectivity index (χ3n) is 4.93.